The third kappa shape index (κ3) is 2.40. The summed E-state index contributed by atoms with van der Waals surface area (Å²) in [5.41, 5.74) is 0.764. The van der Waals surface area contributed by atoms with Gasteiger partial charge in [-0.05, 0) is 30.3 Å². The maximum absolute atomic E-state index is 11.9. The van der Waals surface area contributed by atoms with Gasteiger partial charge in [0.15, 0.2) is 5.78 Å². The number of hydrogen-bond donors (Lipinski definition) is 0. The van der Waals surface area contributed by atoms with Crippen molar-refractivity contribution in [2.24, 2.45) is 0 Å². The Morgan fingerprint density at radius 2 is 1.70 bits per heavy atom. The van der Waals surface area contributed by atoms with Crippen LogP contribution in [-0.4, -0.2) is 16.6 Å². The molecule has 0 N–H and O–H groups in total. The van der Waals surface area contributed by atoms with Gasteiger partial charge in [0.25, 0.3) is 0 Å². The van der Waals surface area contributed by atoms with Crippen molar-refractivity contribution < 1.29 is 9.59 Å². The number of pyridine rings is 1. The monoisotopic (exact) mass is 301 g/mol. The molecule has 1 aromatic heterocycles. The largest absolute Gasteiger partial charge is 0.289 e. The number of ketones is 2. The van der Waals surface area contributed by atoms with Crippen molar-refractivity contribution in [3.05, 3.63) is 65.0 Å². The van der Waals surface area contributed by atoms with E-state index in [1.807, 2.05) is 18.2 Å². The molecule has 0 bridgehead atoms. The second kappa shape index (κ2) is 5.23. The van der Waals surface area contributed by atoms with Crippen LogP contribution in [0, 0.1) is 0 Å². The highest BCUT2D eigenvalue weighted by Gasteiger charge is 2.24. The summed E-state index contributed by atoms with van der Waals surface area (Å²) in [7, 11) is 0. The van der Waals surface area contributed by atoms with Gasteiger partial charge in [0.1, 0.15) is 0 Å². The van der Waals surface area contributed by atoms with Crippen LogP contribution in [0.25, 0.3) is 0 Å². The van der Waals surface area contributed by atoms with Crippen LogP contribution in [0.1, 0.15) is 20.7 Å². The van der Waals surface area contributed by atoms with E-state index in [2.05, 4.69) is 4.98 Å². The molecule has 20 heavy (non-hydrogen) atoms. The molecule has 1 aliphatic rings. The van der Waals surface area contributed by atoms with Gasteiger partial charge >= 0.3 is 0 Å². The number of Topliss-reactive ketones (excluding diaryl/α,β-unsaturated/α-hetero) is 1. The highest BCUT2D eigenvalue weighted by atomic mass is 35.5. The summed E-state index contributed by atoms with van der Waals surface area (Å²) in [5, 5.41) is -0.0305. The number of carbonyl (C=O) groups is 2. The topological polar surface area (TPSA) is 47.0 Å². The van der Waals surface area contributed by atoms with Crippen LogP contribution < -0.4 is 0 Å². The van der Waals surface area contributed by atoms with Gasteiger partial charge in [0.2, 0.25) is 5.78 Å². The number of nitrogens with zero attached hydrogens (tertiary/aromatic N) is 1. The summed E-state index contributed by atoms with van der Waals surface area (Å²) in [6, 6.07) is 8.95. The first-order valence-corrected chi connectivity index (χ1v) is 7.03. The molecule has 5 heteroatoms. The minimum Gasteiger partial charge on any atom is -0.289 e. The van der Waals surface area contributed by atoms with Gasteiger partial charge in [-0.25, -0.2) is 0 Å². The molecule has 98 valence electrons. The van der Waals surface area contributed by atoms with Crippen molar-refractivity contribution in [1.29, 1.82) is 0 Å². The number of carbonyl (C=O) groups excluding carboxylic acids is 2. The first kappa shape index (κ1) is 13.1. The fraction of sp³-hybridized carbons (Fsp3) is 0. The third-order valence-electron chi connectivity index (χ3n) is 2.86. The Labute approximate surface area is 124 Å². The Morgan fingerprint density at radius 3 is 2.45 bits per heavy atom. The lowest BCUT2D eigenvalue weighted by atomic mass is 9.95. The lowest BCUT2D eigenvalue weighted by Gasteiger charge is -2.12. The Bertz CT molecular complexity index is 741. The van der Waals surface area contributed by atoms with Crippen LogP contribution in [0.4, 0.5) is 0 Å². The fourth-order valence-corrected chi connectivity index (χ4v) is 2.96. The van der Waals surface area contributed by atoms with E-state index in [4.69, 9.17) is 11.6 Å². The van der Waals surface area contributed by atoms with E-state index in [-0.39, 0.29) is 16.6 Å². The summed E-state index contributed by atoms with van der Waals surface area (Å²) in [5.74, 6) is -0.538. The summed E-state index contributed by atoms with van der Waals surface area (Å²) in [4.78, 5) is 29.6. The SMILES string of the molecule is O=C1C=C(Cl)C(=O)c2ccc(Sc3ccncc3)cc21. The minimum absolute atomic E-state index is 0.0305. The molecule has 0 spiro atoms. The number of hydrogen-bond acceptors (Lipinski definition) is 4. The lowest BCUT2D eigenvalue weighted by molar-refractivity contribution is 0.0990. The van der Waals surface area contributed by atoms with E-state index in [0.29, 0.717) is 11.1 Å². The zero-order chi connectivity index (χ0) is 14.1. The van der Waals surface area contributed by atoms with Crippen LogP contribution in [0.15, 0.2) is 63.6 Å². The van der Waals surface area contributed by atoms with Crippen LogP contribution >= 0.6 is 23.4 Å². The van der Waals surface area contributed by atoms with Gasteiger partial charge in [-0.1, -0.05) is 23.4 Å². The van der Waals surface area contributed by atoms with E-state index >= 15 is 0 Å². The zero-order valence-corrected chi connectivity index (χ0v) is 11.7. The summed E-state index contributed by atoms with van der Waals surface area (Å²) in [6.45, 7) is 0. The minimum atomic E-state index is -0.304. The first-order valence-electron chi connectivity index (χ1n) is 5.83. The number of fused-ring (bicyclic) bond motifs is 1. The summed E-state index contributed by atoms with van der Waals surface area (Å²) in [6.07, 6.45) is 4.59. The molecular formula is C15H8ClNO2S. The number of rotatable bonds is 2. The van der Waals surface area contributed by atoms with Crippen molar-refractivity contribution in [2.45, 2.75) is 9.79 Å². The Hall–Kier alpha value is -1.91. The predicted octanol–water partition coefficient (Wildman–Crippen LogP) is 3.73. The van der Waals surface area contributed by atoms with Crippen molar-refractivity contribution in [2.75, 3.05) is 0 Å². The van der Waals surface area contributed by atoms with Crippen LogP contribution in [0.5, 0.6) is 0 Å². The van der Waals surface area contributed by atoms with Crippen molar-refractivity contribution in [1.82, 2.24) is 4.98 Å². The molecule has 1 aliphatic carbocycles. The smallest absolute Gasteiger partial charge is 0.205 e. The maximum Gasteiger partial charge on any atom is 0.205 e. The average molecular weight is 302 g/mol. The van der Waals surface area contributed by atoms with E-state index in [1.165, 1.54) is 17.8 Å². The number of aromatic nitrogens is 1. The van der Waals surface area contributed by atoms with Crippen molar-refractivity contribution in [3.63, 3.8) is 0 Å². The molecule has 0 radical (unpaired) electrons. The molecule has 0 aliphatic heterocycles. The van der Waals surface area contributed by atoms with Gasteiger partial charge in [-0.2, -0.15) is 0 Å². The lowest BCUT2D eigenvalue weighted by Crippen LogP contribution is -2.14. The molecule has 1 aromatic carbocycles. The van der Waals surface area contributed by atoms with Gasteiger partial charge in [0, 0.05) is 39.4 Å². The molecule has 3 rings (SSSR count). The normalized spacial score (nSPS) is 13.9. The first-order chi connectivity index (χ1) is 9.65. The standard InChI is InChI=1S/C15H8ClNO2S/c16-13-8-14(18)12-7-10(1-2-11(12)15(13)19)20-9-3-5-17-6-4-9/h1-8H. The predicted molar refractivity (Wildman–Crippen MR) is 77.4 cm³/mol. The van der Waals surface area contributed by atoms with E-state index in [1.54, 1.807) is 24.5 Å². The summed E-state index contributed by atoms with van der Waals surface area (Å²) < 4.78 is 0. The average Bonchev–Trinajstić information content (AvgIpc) is 2.46. The molecule has 0 saturated heterocycles. The molecule has 2 aromatic rings. The Morgan fingerprint density at radius 1 is 0.950 bits per heavy atom. The van der Waals surface area contributed by atoms with Crippen LogP contribution in [0.2, 0.25) is 0 Å². The van der Waals surface area contributed by atoms with Gasteiger partial charge in [-0.3, -0.25) is 14.6 Å². The second-order valence-corrected chi connectivity index (χ2v) is 5.73. The summed E-state index contributed by atoms with van der Waals surface area (Å²) >= 11 is 7.25. The quantitative estimate of drug-likeness (QED) is 0.848. The molecule has 3 nitrogen and oxygen atoms in total. The van der Waals surface area contributed by atoms with Crippen molar-refractivity contribution in [3.8, 4) is 0 Å². The maximum atomic E-state index is 11.9. The Kier molecular flexibility index (Phi) is 3.42. The molecular weight excluding hydrogens is 294 g/mol. The fourth-order valence-electron chi connectivity index (χ4n) is 1.92. The zero-order valence-electron chi connectivity index (χ0n) is 10.2. The highest BCUT2D eigenvalue weighted by Crippen LogP contribution is 2.31. The molecule has 0 saturated carbocycles. The molecule has 0 fully saturated rings. The van der Waals surface area contributed by atoms with Gasteiger partial charge in [-0.15, -0.1) is 0 Å². The molecule has 0 unspecified atom stereocenters. The Balaban J connectivity index is 1.98. The van der Waals surface area contributed by atoms with Crippen molar-refractivity contribution >= 4 is 34.9 Å². The van der Waals surface area contributed by atoms with E-state index in [0.717, 1.165) is 9.79 Å². The van der Waals surface area contributed by atoms with E-state index < -0.39 is 0 Å². The van der Waals surface area contributed by atoms with E-state index in [9.17, 15) is 9.59 Å². The number of halogens is 1. The highest BCUT2D eigenvalue weighted by molar-refractivity contribution is 7.99. The third-order valence-corrected chi connectivity index (χ3v) is 4.14. The molecule has 1 heterocycles. The number of allylic oxidation sites excluding steroid dienone is 2. The molecule has 0 atom stereocenters. The van der Waals surface area contributed by atoms with Crippen LogP contribution in [-0.2, 0) is 0 Å². The van der Waals surface area contributed by atoms with Crippen LogP contribution in [0.3, 0.4) is 0 Å². The molecule has 0 amide bonds. The van der Waals surface area contributed by atoms with Gasteiger partial charge in [0.05, 0.1) is 5.03 Å². The number of benzene rings is 1. The second-order valence-electron chi connectivity index (χ2n) is 4.18. The van der Waals surface area contributed by atoms with Gasteiger partial charge < -0.3 is 0 Å².